The van der Waals surface area contributed by atoms with E-state index in [0.29, 0.717) is 5.56 Å². The number of rotatable bonds is 3. The Morgan fingerprint density at radius 3 is 2.38 bits per heavy atom. The van der Waals surface area contributed by atoms with Crippen LogP contribution in [-0.4, -0.2) is 11.9 Å². The van der Waals surface area contributed by atoms with Crippen LogP contribution >= 0.6 is 15.9 Å². The van der Waals surface area contributed by atoms with Crippen LogP contribution in [-0.2, 0) is 9.63 Å². The van der Waals surface area contributed by atoms with Gasteiger partial charge in [-0.2, -0.15) is 5.48 Å². The highest BCUT2D eigenvalue weighted by atomic mass is 79.9. The van der Waals surface area contributed by atoms with Gasteiger partial charge in [-0.3, -0.25) is 4.79 Å². The Morgan fingerprint density at radius 2 is 1.67 bits per heavy atom. The second-order valence-electron chi connectivity index (χ2n) is 4.08. The van der Waals surface area contributed by atoms with Crippen LogP contribution in [0.15, 0.2) is 65.1 Å². The summed E-state index contributed by atoms with van der Waals surface area (Å²) in [7, 11) is 0. The number of hydroxylamine groups is 1. The van der Waals surface area contributed by atoms with E-state index in [4.69, 9.17) is 4.84 Å². The third kappa shape index (κ3) is 4.57. The zero-order chi connectivity index (χ0) is 15.1. The molecule has 0 atom stereocenters. The molecule has 0 aliphatic heterocycles. The number of amides is 1. The van der Waals surface area contributed by atoms with Crippen molar-refractivity contribution in [2.24, 2.45) is 0 Å². The maximum absolute atomic E-state index is 11.6. The normalized spacial score (nSPS) is 10.3. The van der Waals surface area contributed by atoms with Crippen LogP contribution in [0.25, 0.3) is 6.08 Å². The van der Waals surface area contributed by atoms with Gasteiger partial charge in [-0.25, -0.2) is 4.79 Å². The second kappa shape index (κ2) is 7.40. The molecule has 0 radical (unpaired) electrons. The lowest BCUT2D eigenvalue weighted by molar-refractivity contribution is -0.124. The van der Waals surface area contributed by atoms with Crippen LogP contribution in [0.4, 0.5) is 0 Å². The molecule has 4 nitrogen and oxygen atoms in total. The molecule has 0 spiro atoms. The van der Waals surface area contributed by atoms with Crippen molar-refractivity contribution < 1.29 is 14.4 Å². The molecule has 2 rings (SSSR count). The van der Waals surface area contributed by atoms with E-state index in [1.54, 1.807) is 36.4 Å². The molecule has 0 unspecified atom stereocenters. The molecule has 106 valence electrons. The van der Waals surface area contributed by atoms with Crippen LogP contribution < -0.4 is 5.48 Å². The highest BCUT2D eigenvalue weighted by Crippen LogP contribution is 2.16. The number of benzene rings is 2. The fourth-order valence-corrected chi connectivity index (χ4v) is 1.96. The van der Waals surface area contributed by atoms with E-state index < -0.39 is 11.9 Å². The van der Waals surface area contributed by atoms with E-state index in [2.05, 4.69) is 21.4 Å². The molecule has 0 saturated heterocycles. The number of carbonyl (C=O) groups excluding carboxylic acids is 2. The molecule has 0 aliphatic rings. The minimum atomic E-state index is -0.613. The van der Waals surface area contributed by atoms with E-state index in [0.717, 1.165) is 10.0 Å². The average molecular weight is 346 g/mol. The molecule has 1 N–H and O–H groups in total. The molecule has 0 heterocycles. The Morgan fingerprint density at radius 1 is 1.00 bits per heavy atom. The number of nitrogens with one attached hydrogen (secondary N) is 1. The van der Waals surface area contributed by atoms with Crippen LogP contribution in [0.3, 0.4) is 0 Å². The van der Waals surface area contributed by atoms with Gasteiger partial charge >= 0.3 is 5.97 Å². The SMILES string of the molecule is O=C(C=Cc1ccccc1Br)NOC(=O)c1ccccc1. The third-order valence-electron chi connectivity index (χ3n) is 2.57. The van der Waals surface area contributed by atoms with Gasteiger partial charge in [0.15, 0.2) is 0 Å². The summed E-state index contributed by atoms with van der Waals surface area (Å²) in [4.78, 5) is 27.9. The molecular weight excluding hydrogens is 334 g/mol. The summed E-state index contributed by atoms with van der Waals surface area (Å²) in [5, 5.41) is 0. The largest absolute Gasteiger partial charge is 0.362 e. The molecule has 5 heteroatoms. The summed E-state index contributed by atoms with van der Waals surface area (Å²) in [6.07, 6.45) is 2.91. The number of carbonyl (C=O) groups is 2. The van der Waals surface area contributed by atoms with Gasteiger partial charge < -0.3 is 4.84 Å². The van der Waals surface area contributed by atoms with Gasteiger partial charge in [-0.15, -0.1) is 0 Å². The smallest absolute Gasteiger partial charge is 0.335 e. The minimum Gasteiger partial charge on any atom is -0.335 e. The number of hydrogen-bond donors (Lipinski definition) is 1. The Labute approximate surface area is 130 Å². The van der Waals surface area contributed by atoms with Crippen molar-refractivity contribution in [2.75, 3.05) is 0 Å². The summed E-state index contributed by atoms with van der Waals surface area (Å²) in [6.45, 7) is 0. The van der Waals surface area contributed by atoms with Crippen molar-refractivity contribution in [2.45, 2.75) is 0 Å². The van der Waals surface area contributed by atoms with Crippen molar-refractivity contribution in [3.05, 3.63) is 76.3 Å². The first kappa shape index (κ1) is 15.0. The van der Waals surface area contributed by atoms with Crippen molar-refractivity contribution in [1.82, 2.24) is 5.48 Å². The van der Waals surface area contributed by atoms with Gasteiger partial charge in [0.1, 0.15) is 0 Å². The molecular formula is C16H12BrNO3. The first-order chi connectivity index (χ1) is 10.2. The molecule has 0 bridgehead atoms. The Bertz CT molecular complexity index is 668. The molecule has 0 aliphatic carbocycles. The first-order valence-electron chi connectivity index (χ1n) is 6.15. The van der Waals surface area contributed by atoms with Gasteiger partial charge in [-0.05, 0) is 29.8 Å². The quantitative estimate of drug-likeness (QED) is 0.685. The highest BCUT2D eigenvalue weighted by molar-refractivity contribution is 9.10. The topological polar surface area (TPSA) is 55.4 Å². The molecule has 2 aromatic rings. The summed E-state index contributed by atoms with van der Waals surface area (Å²) < 4.78 is 0.871. The van der Waals surface area contributed by atoms with Crippen molar-refractivity contribution in [1.29, 1.82) is 0 Å². The van der Waals surface area contributed by atoms with Crippen LogP contribution in [0.2, 0.25) is 0 Å². The second-order valence-corrected chi connectivity index (χ2v) is 4.93. The maximum Gasteiger partial charge on any atom is 0.362 e. The third-order valence-corrected chi connectivity index (χ3v) is 3.30. The van der Waals surface area contributed by atoms with E-state index in [-0.39, 0.29) is 0 Å². The summed E-state index contributed by atoms with van der Waals surface area (Å²) >= 11 is 3.37. The van der Waals surface area contributed by atoms with E-state index in [1.165, 1.54) is 6.08 Å². The fraction of sp³-hybridized carbons (Fsp3) is 0. The standard InChI is InChI=1S/C16H12BrNO3/c17-14-9-5-4-6-12(14)10-11-15(19)18-21-16(20)13-7-2-1-3-8-13/h1-11H,(H,18,19). The number of halogens is 1. The number of hydrogen-bond acceptors (Lipinski definition) is 3. The summed E-state index contributed by atoms with van der Waals surface area (Å²) in [6, 6.07) is 15.9. The van der Waals surface area contributed by atoms with Gasteiger partial charge in [-0.1, -0.05) is 52.3 Å². The molecule has 0 aromatic heterocycles. The van der Waals surface area contributed by atoms with E-state index in [1.807, 2.05) is 24.3 Å². The van der Waals surface area contributed by atoms with Crippen LogP contribution in [0.1, 0.15) is 15.9 Å². The van der Waals surface area contributed by atoms with Crippen molar-refractivity contribution in [3.63, 3.8) is 0 Å². The lowest BCUT2D eigenvalue weighted by Crippen LogP contribution is -2.25. The van der Waals surface area contributed by atoms with Crippen molar-refractivity contribution >= 4 is 33.9 Å². The van der Waals surface area contributed by atoms with Gasteiger partial charge in [0.05, 0.1) is 5.56 Å². The zero-order valence-corrected chi connectivity index (χ0v) is 12.5. The Kier molecular flexibility index (Phi) is 5.29. The predicted molar refractivity (Wildman–Crippen MR) is 83.2 cm³/mol. The zero-order valence-electron chi connectivity index (χ0n) is 11.0. The molecule has 1 amide bonds. The van der Waals surface area contributed by atoms with E-state index in [9.17, 15) is 9.59 Å². The lowest BCUT2D eigenvalue weighted by atomic mass is 10.2. The van der Waals surface area contributed by atoms with Crippen LogP contribution in [0, 0.1) is 0 Å². The molecule has 2 aromatic carbocycles. The Hall–Kier alpha value is -2.40. The summed E-state index contributed by atoms with van der Waals surface area (Å²) in [5.41, 5.74) is 3.30. The van der Waals surface area contributed by atoms with Crippen LogP contribution in [0.5, 0.6) is 0 Å². The maximum atomic E-state index is 11.6. The van der Waals surface area contributed by atoms with Crippen molar-refractivity contribution in [3.8, 4) is 0 Å². The van der Waals surface area contributed by atoms with Gasteiger partial charge in [0, 0.05) is 10.5 Å². The van der Waals surface area contributed by atoms with Gasteiger partial charge in [0.25, 0.3) is 5.91 Å². The first-order valence-corrected chi connectivity index (χ1v) is 6.95. The molecule has 0 saturated carbocycles. The predicted octanol–water partition coefficient (Wildman–Crippen LogP) is 3.35. The highest BCUT2D eigenvalue weighted by Gasteiger charge is 2.07. The molecule has 0 fully saturated rings. The lowest BCUT2D eigenvalue weighted by Gasteiger charge is -2.03. The Balaban J connectivity index is 1.88. The van der Waals surface area contributed by atoms with Gasteiger partial charge in [0.2, 0.25) is 0 Å². The average Bonchev–Trinajstić information content (AvgIpc) is 2.52. The molecule has 21 heavy (non-hydrogen) atoms. The monoisotopic (exact) mass is 345 g/mol. The van der Waals surface area contributed by atoms with E-state index >= 15 is 0 Å². The fourth-order valence-electron chi connectivity index (χ4n) is 1.54. The summed E-state index contributed by atoms with van der Waals surface area (Å²) in [5.74, 6) is -1.13. The minimum absolute atomic E-state index is 0.368.